The van der Waals surface area contributed by atoms with Crippen LogP contribution in [0.1, 0.15) is 76.8 Å². The number of carbonyl (C=O) groups is 9. The second kappa shape index (κ2) is 25.1. The zero-order valence-electron chi connectivity index (χ0n) is 34.9. The van der Waals surface area contributed by atoms with Crippen LogP contribution in [-0.2, 0) is 56.0 Å². The second-order valence-electron chi connectivity index (χ2n) is 15.3. The van der Waals surface area contributed by atoms with Crippen molar-refractivity contribution in [3.63, 3.8) is 0 Å². The zero-order valence-corrected chi connectivity index (χ0v) is 34.9. The van der Waals surface area contributed by atoms with Crippen molar-refractivity contribution in [3.8, 4) is 0 Å². The van der Waals surface area contributed by atoms with E-state index in [1.165, 1.54) is 0 Å². The van der Waals surface area contributed by atoms with Gasteiger partial charge in [0.15, 0.2) is 0 Å². The normalized spacial score (nSPS) is 15.9. The van der Waals surface area contributed by atoms with Gasteiger partial charge in [0.25, 0.3) is 0 Å². The molecular formula is C43H59N9O9. The van der Waals surface area contributed by atoms with Crippen LogP contribution in [0, 0.1) is 5.92 Å². The highest BCUT2D eigenvalue weighted by Crippen LogP contribution is 2.11. The minimum Gasteiger partial charge on any atom is -0.370 e. The number of carbonyl (C=O) groups excluding carboxylic acids is 9. The first-order chi connectivity index (χ1) is 29.1. The summed E-state index contributed by atoms with van der Waals surface area (Å²) in [6.07, 6.45) is 4.43. The van der Waals surface area contributed by atoms with Crippen LogP contribution in [0.2, 0.25) is 0 Å². The Labute approximate surface area is 355 Å². The number of primary amides is 2. The third-order valence-electron chi connectivity index (χ3n) is 9.76. The molecule has 1 aliphatic heterocycles. The summed E-state index contributed by atoms with van der Waals surface area (Å²) in [6, 6.07) is 10.7. The lowest BCUT2D eigenvalue weighted by Gasteiger charge is -2.26. The summed E-state index contributed by atoms with van der Waals surface area (Å²) in [7, 11) is 0. The molecular weight excluding hydrogens is 787 g/mol. The van der Waals surface area contributed by atoms with Crippen molar-refractivity contribution >= 4 is 53.2 Å². The lowest BCUT2D eigenvalue weighted by molar-refractivity contribution is -0.134. The van der Waals surface area contributed by atoms with E-state index in [2.05, 4.69) is 37.2 Å². The molecule has 3 rings (SSSR count). The Morgan fingerprint density at radius 3 is 1.75 bits per heavy atom. The summed E-state index contributed by atoms with van der Waals surface area (Å²) in [4.78, 5) is 117. The number of rotatable bonds is 25. The van der Waals surface area contributed by atoms with Gasteiger partial charge in [-0.1, -0.05) is 86.7 Å². The van der Waals surface area contributed by atoms with Crippen molar-refractivity contribution in [1.29, 1.82) is 0 Å². The number of benzene rings is 2. The molecule has 9 amide bonds. The average Bonchev–Trinajstić information content (AvgIpc) is 3.66. The van der Waals surface area contributed by atoms with E-state index in [0.717, 1.165) is 0 Å². The molecule has 0 aromatic heterocycles. The third kappa shape index (κ3) is 17.7. The minimum absolute atomic E-state index is 0.0173. The smallest absolute Gasteiger partial charge is 0.243 e. The summed E-state index contributed by atoms with van der Waals surface area (Å²) >= 11 is 0. The van der Waals surface area contributed by atoms with Crippen LogP contribution >= 0.6 is 0 Å². The second-order valence-corrected chi connectivity index (χ2v) is 15.3. The van der Waals surface area contributed by atoms with Crippen molar-refractivity contribution in [3.05, 3.63) is 83.9 Å². The maximum atomic E-state index is 14.1. The Morgan fingerprint density at radius 2 is 1.25 bits per heavy atom. The first kappa shape index (κ1) is 48.8. The Kier molecular flexibility index (Phi) is 20.1. The predicted molar refractivity (Wildman–Crippen MR) is 225 cm³/mol. The molecule has 1 fully saturated rings. The Morgan fingerprint density at radius 1 is 0.705 bits per heavy atom. The molecule has 6 atom stereocenters. The highest BCUT2D eigenvalue weighted by molar-refractivity contribution is 5.97. The van der Waals surface area contributed by atoms with Gasteiger partial charge >= 0.3 is 0 Å². The fourth-order valence-electron chi connectivity index (χ4n) is 6.53. The molecule has 0 saturated carbocycles. The Hall–Kier alpha value is -6.59. The molecule has 2 aromatic rings. The van der Waals surface area contributed by atoms with Gasteiger partial charge in [0.2, 0.25) is 53.2 Å². The topological polar surface area (TPSA) is 290 Å². The minimum atomic E-state index is -1.31. The van der Waals surface area contributed by atoms with E-state index in [4.69, 9.17) is 11.5 Å². The molecule has 0 unspecified atom stereocenters. The van der Waals surface area contributed by atoms with Crippen molar-refractivity contribution in [2.24, 2.45) is 17.4 Å². The first-order valence-electron chi connectivity index (χ1n) is 20.4. The highest BCUT2D eigenvalue weighted by atomic mass is 16.2. The van der Waals surface area contributed by atoms with Crippen LogP contribution < -0.4 is 48.7 Å². The standard InChI is InChI=1S/C43H59N9O9/c1-4-5-8-17-29(38(45)56)49-42(60)32(22-26(2)3)48-37(55)25-46-39(57)33(23-27-13-9-6-10-14-27)51-43(61)34(24-28-15-11-7-12-16-28)52-41(59)31(18-20-35(44)53)50-40(58)30-19-21-36(54)47-30/h4-7,9-16,26,29-34H,8,17-25H2,1-3H3,(H2,44,53)(H2,45,56)(H,46,57)(H,47,54)(H,48,55)(H,49,60)(H,50,58)(H,51,61)(H,52,59)/b5-4+/t29-,30-,31-,32-,33-,34-/m0/s1. The van der Waals surface area contributed by atoms with Gasteiger partial charge in [-0.2, -0.15) is 0 Å². The van der Waals surface area contributed by atoms with Gasteiger partial charge in [-0.15, -0.1) is 0 Å². The lowest BCUT2D eigenvalue weighted by Crippen LogP contribution is -2.59. The van der Waals surface area contributed by atoms with Crippen LogP contribution in [0.4, 0.5) is 0 Å². The van der Waals surface area contributed by atoms with E-state index < -0.39 is 90.1 Å². The highest BCUT2D eigenvalue weighted by Gasteiger charge is 2.34. The van der Waals surface area contributed by atoms with Crippen molar-refractivity contribution in [2.45, 2.75) is 115 Å². The van der Waals surface area contributed by atoms with Gasteiger partial charge in [0, 0.05) is 25.7 Å². The number of nitrogens with one attached hydrogen (secondary N) is 7. The van der Waals surface area contributed by atoms with E-state index >= 15 is 0 Å². The number of allylic oxidation sites excluding steroid dienone is 2. The molecule has 0 spiro atoms. The summed E-state index contributed by atoms with van der Waals surface area (Å²) in [5, 5.41) is 18.2. The summed E-state index contributed by atoms with van der Waals surface area (Å²) in [5.74, 6) is -6.10. The zero-order chi connectivity index (χ0) is 44.9. The van der Waals surface area contributed by atoms with E-state index in [1.807, 2.05) is 32.9 Å². The van der Waals surface area contributed by atoms with Crippen molar-refractivity contribution < 1.29 is 43.2 Å². The molecule has 330 valence electrons. The molecule has 0 radical (unpaired) electrons. The summed E-state index contributed by atoms with van der Waals surface area (Å²) in [6.45, 7) is 4.95. The molecule has 11 N–H and O–H groups in total. The maximum absolute atomic E-state index is 14.1. The monoisotopic (exact) mass is 845 g/mol. The number of nitrogens with two attached hydrogens (primary N) is 2. The average molecular weight is 846 g/mol. The summed E-state index contributed by atoms with van der Waals surface area (Å²) < 4.78 is 0. The molecule has 0 bridgehead atoms. The predicted octanol–water partition coefficient (Wildman–Crippen LogP) is -0.556. The quantitative estimate of drug-likeness (QED) is 0.0579. The lowest BCUT2D eigenvalue weighted by atomic mass is 10.0. The van der Waals surface area contributed by atoms with Gasteiger partial charge in [-0.05, 0) is 56.1 Å². The van der Waals surface area contributed by atoms with Gasteiger partial charge in [-0.25, -0.2) is 0 Å². The van der Waals surface area contributed by atoms with Crippen LogP contribution in [-0.4, -0.2) is 96.0 Å². The fourth-order valence-corrected chi connectivity index (χ4v) is 6.53. The Balaban J connectivity index is 1.80. The van der Waals surface area contributed by atoms with E-state index in [0.29, 0.717) is 17.5 Å². The number of hydrogen-bond acceptors (Lipinski definition) is 9. The van der Waals surface area contributed by atoms with Gasteiger partial charge in [0.05, 0.1) is 6.54 Å². The van der Waals surface area contributed by atoms with E-state index in [-0.39, 0.29) is 63.2 Å². The molecule has 18 nitrogen and oxygen atoms in total. The first-order valence-corrected chi connectivity index (χ1v) is 20.4. The largest absolute Gasteiger partial charge is 0.370 e. The van der Waals surface area contributed by atoms with Crippen LogP contribution in [0.5, 0.6) is 0 Å². The third-order valence-corrected chi connectivity index (χ3v) is 9.76. The molecule has 1 saturated heterocycles. The number of hydrogen-bond donors (Lipinski definition) is 9. The molecule has 1 heterocycles. The van der Waals surface area contributed by atoms with Gasteiger partial charge < -0.3 is 48.7 Å². The SMILES string of the molecule is C/C=C/CC[C@H](NC(=O)[C@H](CC(C)C)NC(=O)CNC(=O)[C@H](Cc1ccccc1)NC(=O)[C@H](Cc1ccccc1)NC(=O)[C@H](CCC(N)=O)NC(=O)[C@@H]1CCC(=O)N1)C(N)=O. The van der Waals surface area contributed by atoms with Crippen LogP contribution in [0.25, 0.3) is 0 Å². The fraction of sp³-hybridized carbons (Fsp3) is 0.465. The van der Waals surface area contributed by atoms with Gasteiger partial charge in [0.1, 0.15) is 36.3 Å². The van der Waals surface area contributed by atoms with Crippen molar-refractivity contribution in [1.82, 2.24) is 37.2 Å². The Bertz CT molecular complexity index is 1870. The number of amides is 9. The molecule has 61 heavy (non-hydrogen) atoms. The maximum Gasteiger partial charge on any atom is 0.243 e. The summed E-state index contributed by atoms with van der Waals surface area (Å²) in [5.41, 5.74) is 12.2. The van der Waals surface area contributed by atoms with Gasteiger partial charge in [-0.3, -0.25) is 43.2 Å². The molecule has 2 aromatic carbocycles. The van der Waals surface area contributed by atoms with E-state index in [9.17, 15) is 43.2 Å². The molecule has 18 heteroatoms. The van der Waals surface area contributed by atoms with Crippen molar-refractivity contribution in [2.75, 3.05) is 6.54 Å². The van der Waals surface area contributed by atoms with Crippen LogP contribution in [0.15, 0.2) is 72.8 Å². The molecule has 0 aliphatic carbocycles. The molecule has 1 aliphatic rings. The van der Waals surface area contributed by atoms with Crippen LogP contribution in [0.3, 0.4) is 0 Å². The van der Waals surface area contributed by atoms with E-state index in [1.54, 1.807) is 60.7 Å².